The van der Waals surface area contributed by atoms with E-state index in [2.05, 4.69) is 27.6 Å². The Morgan fingerprint density at radius 1 is 1.03 bits per heavy atom. The van der Waals surface area contributed by atoms with E-state index in [0.29, 0.717) is 45.9 Å². The van der Waals surface area contributed by atoms with Gasteiger partial charge in [0, 0.05) is 3.57 Å². The van der Waals surface area contributed by atoms with Crippen molar-refractivity contribution in [2.45, 2.75) is 13.5 Å². The number of ether oxygens (including phenoxy) is 3. The van der Waals surface area contributed by atoms with Gasteiger partial charge in [0.25, 0.3) is 0 Å². The molecule has 168 valence electrons. The van der Waals surface area contributed by atoms with Crippen LogP contribution in [0.2, 0.25) is 10.0 Å². The second-order valence-corrected chi connectivity index (χ2v) is 9.06. The zero-order valence-electron chi connectivity index (χ0n) is 17.5. The van der Waals surface area contributed by atoms with E-state index in [9.17, 15) is 4.79 Å². The maximum atomic E-state index is 12.4. The Morgan fingerprint density at radius 3 is 2.58 bits per heavy atom. The van der Waals surface area contributed by atoms with Crippen LogP contribution < -0.4 is 9.47 Å². The molecular formula is C25H18Cl2INO4. The number of carbonyl (C=O) groups excluding carboxylic acids is 1. The van der Waals surface area contributed by atoms with E-state index in [-0.39, 0.29) is 11.6 Å². The van der Waals surface area contributed by atoms with Crippen molar-refractivity contribution in [1.29, 1.82) is 0 Å². The third-order valence-corrected chi connectivity index (χ3v) is 5.92. The normalized spacial score (nSPS) is 14.2. The van der Waals surface area contributed by atoms with Crippen LogP contribution in [0.5, 0.6) is 11.5 Å². The Balaban J connectivity index is 1.64. The predicted molar refractivity (Wildman–Crippen MR) is 138 cm³/mol. The van der Waals surface area contributed by atoms with Crippen molar-refractivity contribution in [3.05, 3.63) is 96.7 Å². The number of rotatable bonds is 7. The highest BCUT2D eigenvalue weighted by molar-refractivity contribution is 14.1. The molecule has 0 saturated carbocycles. The molecule has 0 unspecified atom stereocenters. The number of carbonyl (C=O) groups is 1. The zero-order chi connectivity index (χ0) is 23.4. The molecule has 0 amide bonds. The lowest BCUT2D eigenvalue weighted by molar-refractivity contribution is -0.129. The molecule has 0 bridgehead atoms. The summed E-state index contributed by atoms with van der Waals surface area (Å²) in [5.74, 6) is 0.504. The van der Waals surface area contributed by atoms with E-state index in [4.69, 9.17) is 37.4 Å². The van der Waals surface area contributed by atoms with Crippen molar-refractivity contribution in [2.75, 3.05) is 6.61 Å². The molecule has 0 atom stereocenters. The largest absolute Gasteiger partial charge is 0.490 e. The smallest absolute Gasteiger partial charge is 0.363 e. The van der Waals surface area contributed by atoms with Crippen molar-refractivity contribution in [3.8, 4) is 11.5 Å². The summed E-state index contributed by atoms with van der Waals surface area (Å²) >= 11 is 14.9. The summed E-state index contributed by atoms with van der Waals surface area (Å²) < 4.78 is 18.0. The molecule has 0 N–H and O–H groups in total. The minimum atomic E-state index is -0.571. The maximum absolute atomic E-state index is 12.4. The third kappa shape index (κ3) is 5.69. The van der Waals surface area contributed by atoms with Gasteiger partial charge in [0.05, 0.1) is 22.2 Å². The lowest BCUT2D eigenvalue weighted by Crippen LogP contribution is -2.06. The molecule has 0 radical (unpaired) electrons. The highest BCUT2D eigenvalue weighted by Gasteiger charge is 2.26. The summed E-state index contributed by atoms with van der Waals surface area (Å²) in [6.45, 7) is 2.64. The first kappa shape index (κ1) is 23.6. The van der Waals surface area contributed by atoms with Crippen LogP contribution in [0.15, 0.2) is 71.4 Å². The molecule has 8 heteroatoms. The fourth-order valence-electron chi connectivity index (χ4n) is 3.15. The first-order valence-corrected chi connectivity index (χ1v) is 11.9. The molecule has 3 aromatic rings. The van der Waals surface area contributed by atoms with Crippen LogP contribution in [0.1, 0.15) is 23.6 Å². The molecule has 4 rings (SSSR count). The molecule has 5 nitrogen and oxygen atoms in total. The second-order valence-electron chi connectivity index (χ2n) is 7.00. The first-order chi connectivity index (χ1) is 15.9. The summed E-state index contributed by atoms with van der Waals surface area (Å²) in [5, 5.41) is 0.810. The Labute approximate surface area is 215 Å². The van der Waals surface area contributed by atoms with Gasteiger partial charge in [-0.05, 0) is 77.0 Å². The fraction of sp³-hybridized carbons (Fsp3) is 0.120. The number of hydrogen-bond acceptors (Lipinski definition) is 5. The van der Waals surface area contributed by atoms with Crippen LogP contribution in [-0.4, -0.2) is 18.5 Å². The van der Waals surface area contributed by atoms with Crippen molar-refractivity contribution >= 4 is 63.7 Å². The number of cyclic esters (lactones) is 1. The highest BCUT2D eigenvalue weighted by Crippen LogP contribution is 2.38. The summed E-state index contributed by atoms with van der Waals surface area (Å²) in [5.41, 5.74) is 2.32. The molecular weight excluding hydrogens is 576 g/mol. The van der Waals surface area contributed by atoms with E-state index in [1.165, 1.54) is 0 Å². The van der Waals surface area contributed by atoms with Crippen LogP contribution in [-0.2, 0) is 16.1 Å². The number of esters is 1. The molecule has 0 saturated heterocycles. The van der Waals surface area contributed by atoms with Gasteiger partial charge in [-0.15, -0.1) is 0 Å². The topological polar surface area (TPSA) is 57.1 Å². The predicted octanol–water partition coefficient (Wildman–Crippen LogP) is 6.92. The standard InChI is InChI=1S/C25H18Cl2INO4/c1-2-31-22-12-16(10-20(27)23(22)32-14-15-6-4-3-5-7-15)11-21-25(30)33-24(29-21)18-13-17(28)8-9-19(18)26/h3-13H,2,14H2,1H3/b21-11-. The van der Waals surface area contributed by atoms with Gasteiger partial charge in [0.2, 0.25) is 5.90 Å². The van der Waals surface area contributed by atoms with E-state index in [1.54, 1.807) is 30.3 Å². The third-order valence-electron chi connectivity index (χ3n) is 4.64. The minimum Gasteiger partial charge on any atom is -0.490 e. The minimum absolute atomic E-state index is 0.136. The van der Waals surface area contributed by atoms with Crippen molar-refractivity contribution in [3.63, 3.8) is 0 Å². The Morgan fingerprint density at radius 2 is 1.82 bits per heavy atom. The van der Waals surface area contributed by atoms with Crippen LogP contribution in [0.4, 0.5) is 0 Å². The van der Waals surface area contributed by atoms with Gasteiger partial charge in [-0.3, -0.25) is 0 Å². The summed E-state index contributed by atoms with van der Waals surface area (Å²) in [6.07, 6.45) is 1.59. The van der Waals surface area contributed by atoms with Crippen LogP contribution in [0, 0.1) is 3.57 Å². The van der Waals surface area contributed by atoms with Gasteiger partial charge in [-0.2, -0.15) is 0 Å². The van der Waals surface area contributed by atoms with E-state index >= 15 is 0 Å². The van der Waals surface area contributed by atoms with Crippen LogP contribution in [0.3, 0.4) is 0 Å². The van der Waals surface area contributed by atoms with Crippen molar-refractivity contribution < 1.29 is 19.0 Å². The molecule has 0 aliphatic carbocycles. The molecule has 3 aromatic carbocycles. The van der Waals surface area contributed by atoms with Crippen LogP contribution >= 0.6 is 45.8 Å². The van der Waals surface area contributed by atoms with Gasteiger partial charge < -0.3 is 14.2 Å². The van der Waals surface area contributed by atoms with Gasteiger partial charge in [-0.25, -0.2) is 9.79 Å². The Hall–Kier alpha value is -2.55. The average molecular weight is 594 g/mol. The Bertz CT molecular complexity index is 1260. The van der Waals surface area contributed by atoms with E-state index < -0.39 is 5.97 Å². The first-order valence-electron chi connectivity index (χ1n) is 10.1. The van der Waals surface area contributed by atoms with E-state index in [0.717, 1.165) is 9.13 Å². The van der Waals surface area contributed by atoms with Gasteiger partial charge in [0.1, 0.15) is 6.61 Å². The lowest BCUT2D eigenvalue weighted by Gasteiger charge is -2.14. The van der Waals surface area contributed by atoms with Crippen molar-refractivity contribution in [1.82, 2.24) is 0 Å². The number of aliphatic imine (C=N–C) groups is 1. The lowest BCUT2D eigenvalue weighted by atomic mass is 10.1. The van der Waals surface area contributed by atoms with Crippen molar-refractivity contribution in [2.24, 2.45) is 4.99 Å². The fourth-order valence-corrected chi connectivity index (χ4v) is 4.11. The monoisotopic (exact) mass is 593 g/mol. The number of hydrogen-bond donors (Lipinski definition) is 0. The number of nitrogens with zero attached hydrogens (tertiary/aromatic N) is 1. The molecule has 0 spiro atoms. The maximum Gasteiger partial charge on any atom is 0.363 e. The molecule has 0 aromatic heterocycles. The molecule has 0 fully saturated rings. The van der Waals surface area contributed by atoms with Crippen LogP contribution in [0.25, 0.3) is 6.08 Å². The van der Waals surface area contributed by atoms with E-state index in [1.807, 2.05) is 43.3 Å². The zero-order valence-corrected chi connectivity index (χ0v) is 21.1. The summed E-state index contributed by atoms with van der Waals surface area (Å²) in [4.78, 5) is 16.8. The molecule has 33 heavy (non-hydrogen) atoms. The molecule has 1 heterocycles. The highest BCUT2D eigenvalue weighted by atomic mass is 127. The molecule has 1 aliphatic rings. The Kier molecular flexibility index (Phi) is 7.57. The average Bonchev–Trinajstić information content (AvgIpc) is 3.15. The second kappa shape index (κ2) is 10.6. The van der Waals surface area contributed by atoms with Gasteiger partial charge in [0.15, 0.2) is 17.2 Å². The van der Waals surface area contributed by atoms with Gasteiger partial charge >= 0.3 is 5.97 Å². The number of halogens is 3. The number of benzene rings is 3. The molecule has 1 aliphatic heterocycles. The quantitative estimate of drug-likeness (QED) is 0.169. The SMILES string of the molecule is CCOc1cc(/C=C2\N=C(c3cc(I)ccc3Cl)OC2=O)cc(Cl)c1OCc1ccccc1. The van der Waals surface area contributed by atoms with Gasteiger partial charge in [-0.1, -0.05) is 53.5 Å². The summed E-state index contributed by atoms with van der Waals surface area (Å²) in [6, 6.07) is 18.6. The summed E-state index contributed by atoms with van der Waals surface area (Å²) in [7, 11) is 0.